The van der Waals surface area contributed by atoms with E-state index in [9.17, 15) is 18.0 Å². The van der Waals surface area contributed by atoms with Crippen molar-refractivity contribution in [3.63, 3.8) is 0 Å². The molecule has 2 atom stereocenters. The highest BCUT2D eigenvalue weighted by atomic mass is 32.2. The highest BCUT2D eigenvalue weighted by Crippen LogP contribution is 2.60. The number of rotatable bonds is 13. The van der Waals surface area contributed by atoms with Gasteiger partial charge in [-0.05, 0) is 111 Å². The van der Waals surface area contributed by atoms with Gasteiger partial charge in [-0.3, -0.25) is 13.9 Å². The summed E-state index contributed by atoms with van der Waals surface area (Å²) in [7, 11) is -3.83. The summed E-state index contributed by atoms with van der Waals surface area (Å²) in [4.78, 5) is 30.0. The number of carbonyl (C=O) groups excluding carboxylic acids is 2. The Balaban J connectivity index is 1.30. The molecule has 48 heavy (non-hydrogen) atoms. The van der Waals surface area contributed by atoms with Crippen molar-refractivity contribution in [2.45, 2.75) is 96.2 Å². The van der Waals surface area contributed by atoms with E-state index >= 15 is 0 Å². The van der Waals surface area contributed by atoms with Gasteiger partial charge in [-0.25, -0.2) is 8.42 Å². The molecule has 0 aliphatic heterocycles. The number of carbonyl (C=O) groups is 2. The molecule has 4 bridgehead atoms. The second-order valence-corrected chi connectivity index (χ2v) is 17.0. The Kier molecular flexibility index (Phi) is 10.0. The summed E-state index contributed by atoms with van der Waals surface area (Å²) in [5, 5.41) is 3.09. The molecule has 4 fully saturated rings. The maximum Gasteiger partial charge on any atom is 0.244 e. The molecule has 8 heteroatoms. The molecule has 0 radical (unpaired) electrons. The molecule has 7 rings (SSSR count). The van der Waals surface area contributed by atoms with Crippen LogP contribution in [0.15, 0.2) is 78.9 Å². The molecule has 4 saturated carbocycles. The largest absolute Gasteiger partial charge is 0.352 e. The number of anilines is 1. The minimum Gasteiger partial charge on any atom is -0.352 e. The first kappa shape index (κ1) is 34.2. The Morgan fingerprint density at radius 3 is 1.98 bits per heavy atom. The van der Waals surface area contributed by atoms with Crippen molar-refractivity contribution in [3.05, 3.63) is 101 Å². The molecule has 0 aromatic heterocycles. The highest BCUT2D eigenvalue weighted by Gasteiger charge is 2.51. The summed E-state index contributed by atoms with van der Waals surface area (Å²) in [6.45, 7) is 5.73. The fourth-order valence-corrected chi connectivity index (χ4v) is 9.79. The fraction of sp³-hybridized carbons (Fsp3) is 0.500. The number of hydrogen-bond acceptors (Lipinski definition) is 4. The van der Waals surface area contributed by atoms with Crippen LogP contribution in [0.5, 0.6) is 0 Å². The van der Waals surface area contributed by atoms with Gasteiger partial charge in [-0.2, -0.15) is 0 Å². The van der Waals surface area contributed by atoms with E-state index in [2.05, 4.69) is 17.4 Å². The van der Waals surface area contributed by atoms with Gasteiger partial charge in [0.2, 0.25) is 21.8 Å². The summed E-state index contributed by atoms with van der Waals surface area (Å²) < 4.78 is 27.9. The molecule has 7 nitrogen and oxygen atoms in total. The van der Waals surface area contributed by atoms with Crippen LogP contribution in [0.3, 0.4) is 0 Å². The quantitative estimate of drug-likeness (QED) is 0.217. The van der Waals surface area contributed by atoms with Crippen molar-refractivity contribution in [3.8, 4) is 0 Å². The van der Waals surface area contributed by atoms with E-state index in [1.165, 1.54) is 48.4 Å². The molecule has 1 N–H and O–H groups in total. The Morgan fingerprint density at radius 1 is 0.854 bits per heavy atom. The first-order chi connectivity index (χ1) is 22.9. The van der Waals surface area contributed by atoms with E-state index in [0.29, 0.717) is 12.1 Å². The third kappa shape index (κ3) is 7.64. The lowest BCUT2D eigenvalue weighted by Gasteiger charge is -2.57. The van der Waals surface area contributed by atoms with E-state index in [1.807, 2.05) is 87.5 Å². The Hall–Kier alpha value is -3.65. The standard InChI is InChI=1S/C40H51N3O4S/c1-5-29(3)41-39(45)37(22-30-9-7-6-8-10-30)42(26-31-13-11-28(2)12-14-31)38(44)27-43(48(4,46)47)36-17-15-35(16-18-36)40-23-32-19-33(24-40)21-34(20-32)25-40/h6-18,29,32-34,37H,5,19-27H2,1-4H3,(H,41,45)/t29-,32?,33?,34?,37+,40?/m0/s1. The van der Waals surface area contributed by atoms with Crippen LogP contribution in [-0.2, 0) is 38.0 Å². The maximum atomic E-state index is 14.5. The molecule has 0 heterocycles. The third-order valence-corrected chi connectivity index (χ3v) is 12.4. The van der Waals surface area contributed by atoms with Gasteiger partial charge in [0.15, 0.2) is 0 Å². The Labute approximate surface area is 287 Å². The molecule has 0 spiro atoms. The second-order valence-electron chi connectivity index (χ2n) is 15.0. The van der Waals surface area contributed by atoms with Gasteiger partial charge in [0.05, 0.1) is 11.9 Å². The summed E-state index contributed by atoms with van der Waals surface area (Å²) in [5.74, 6) is 1.75. The summed E-state index contributed by atoms with van der Waals surface area (Å²) >= 11 is 0. The van der Waals surface area contributed by atoms with E-state index in [4.69, 9.17) is 0 Å². The van der Waals surface area contributed by atoms with Crippen LogP contribution < -0.4 is 9.62 Å². The number of benzene rings is 3. The van der Waals surface area contributed by atoms with E-state index in [-0.39, 0.29) is 23.9 Å². The van der Waals surface area contributed by atoms with Crippen molar-refractivity contribution in [2.24, 2.45) is 17.8 Å². The van der Waals surface area contributed by atoms with Crippen molar-refractivity contribution in [1.82, 2.24) is 10.2 Å². The number of amides is 2. The van der Waals surface area contributed by atoms with Crippen LogP contribution in [0, 0.1) is 24.7 Å². The van der Waals surface area contributed by atoms with E-state index < -0.39 is 28.5 Å². The lowest BCUT2D eigenvalue weighted by atomic mass is 9.48. The molecule has 3 aromatic rings. The average molecular weight is 670 g/mol. The van der Waals surface area contributed by atoms with Gasteiger partial charge in [-0.1, -0.05) is 79.2 Å². The maximum absolute atomic E-state index is 14.5. The van der Waals surface area contributed by atoms with Gasteiger partial charge in [0.25, 0.3) is 0 Å². The molecule has 0 unspecified atom stereocenters. The molecular weight excluding hydrogens is 619 g/mol. The number of sulfonamides is 1. The third-order valence-electron chi connectivity index (χ3n) is 11.2. The first-order valence-corrected chi connectivity index (χ1v) is 19.5. The van der Waals surface area contributed by atoms with Crippen LogP contribution in [-0.4, -0.2) is 50.0 Å². The number of aryl methyl sites for hydroxylation is 1. The fourth-order valence-electron chi connectivity index (χ4n) is 8.94. The monoisotopic (exact) mass is 669 g/mol. The average Bonchev–Trinajstić information content (AvgIpc) is 3.05. The predicted molar refractivity (Wildman–Crippen MR) is 192 cm³/mol. The van der Waals surface area contributed by atoms with Crippen LogP contribution in [0.2, 0.25) is 0 Å². The zero-order valence-electron chi connectivity index (χ0n) is 28.9. The molecular formula is C40H51N3O4S. The minimum atomic E-state index is -3.83. The predicted octanol–water partition coefficient (Wildman–Crippen LogP) is 6.78. The molecule has 3 aromatic carbocycles. The lowest BCUT2D eigenvalue weighted by Crippen LogP contribution is -2.54. The van der Waals surface area contributed by atoms with Gasteiger partial charge in [-0.15, -0.1) is 0 Å². The van der Waals surface area contributed by atoms with Crippen molar-refractivity contribution < 1.29 is 18.0 Å². The zero-order chi connectivity index (χ0) is 34.1. The molecule has 0 saturated heterocycles. The summed E-state index contributed by atoms with van der Waals surface area (Å²) in [6, 6.07) is 24.6. The van der Waals surface area contributed by atoms with E-state index in [0.717, 1.165) is 47.1 Å². The van der Waals surface area contributed by atoms with Gasteiger partial charge in [0, 0.05) is 19.0 Å². The first-order valence-electron chi connectivity index (χ1n) is 17.7. The molecule has 4 aliphatic carbocycles. The Bertz CT molecular complexity index is 1650. The molecule has 4 aliphatic rings. The van der Waals surface area contributed by atoms with Gasteiger partial charge in [0.1, 0.15) is 12.6 Å². The van der Waals surface area contributed by atoms with Crippen LogP contribution in [0.1, 0.15) is 81.0 Å². The number of hydrogen-bond donors (Lipinski definition) is 1. The van der Waals surface area contributed by atoms with Crippen molar-refractivity contribution in [1.29, 1.82) is 0 Å². The van der Waals surface area contributed by atoms with Crippen molar-refractivity contribution in [2.75, 3.05) is 17.1 Å². The van der Waals surface area contributed by atoms with Crippen LogP contribution in [0.4, 0.5) is 5.69 Å². The highest BCUT2D eigenvalue weighted by molar-refractivity contribution is 7.92. The SMILES string of the molecule is CC[C@H](C)NC(=O)[C@@H](Cc1ccccc1)N(Cc1ccc(C)cc1)C(=O)CN(c1ccc(C23CC4CC(CC(C4)C2)C3)cc1)S(C)(=O)=O. The van der Waals surface area contributed by atoms with Crippen LogP contribution in [0.25, 0.3) is 0 Å². The number of nitrogens with zero attached hydrogens (tertiary/aromatic N) is 2. The second kappa shape index (κ2) is 14.1. The van der Waals surface area contributed by atoms with Gasteiger partial charge < -0.3 is 10.2 Å². The smallest absolute Gasteiger partial charge is 0.244 e. The summed E-state index contributed by atoms with van der Waals surface area (Å²) in [6.07, 6.45) is 9.96. The Morgan fingerprint density at radius 2 is 1.44 bits per heavy atom. The van der Waals surface area contributed by atoms with E-state index in [1.54, 1.807) is 4.90 Å². The molecule has 2 amide bonds. The molecule has 256 valence electrons. The van der Waals surface area contributed by atoms with Crippen molar-refractivity contribution >= 4 is 27.5 Å². The van der Waals surface area contributed by atoms with Gasteiger partial charge >= 0.3 is 0 Å². The lowest BCUT2D eigenvalue weighted by molar-refractivity contribution is -0.140. The summed E-state index contributed by atoms with van der Waals surface area (Å²) in [5.41, 5.74) is 4.84. The zero-order valence-corrected chi connectivity index (χ0v) is 29.7. The minimum absolute atomic E-state index is 0.0768. The number of nitrogens with one attached hydrogen (secondary N) is 1. The topological polar surface area (TPSA) is 86.8 Å². The van der Waals surface area contributed by atoms with Crippen LogP contribution >= 0.6 is 0 Å². The normalized spacial score (nSPS) is 24.1.